The molecule has 73 valence electrons. The Hall–Kier alpha value is 1.29. The maximum atomic E-state index is 2.47. The van der Waals surface area contributed by atoms with Gasteiger partial charge in [-0.05, 0) is 17.5 Å². The predicted octanol–water partition coefficient (Wildman–Crippen LogP) is 4.81. The third kappa shape index (κ3) is 4.04. The van der Waals surface area contributed by atoms with Crippen molar-refractivity contribution in [1.29, 1.82) is 0 Å². The molecular formula is C11H11HfI2. The topological polar surface area (TPSA) is 0 Å². The van der Waals surface area contributed by atoms with Crippen LogP contribution in [0, 0.1) is 6.42 Å². The first-order valence-electron chi connectivity index (χ1n) is 4.42. The number of fused-ring (bicyclic) bond motifs is 1. The van der Waals surface area contributed by atoms with Crippen molar-refractivity contribution in [2.24, 2.45) is 0 Å². The molecule has 1 radical (unpaired) electrons. The average molecular weight is 576 g/mol. The average Bonchev–Trinajstić information content (AvgIpc) is 2.61. The Morgan fingerprint density at radius 3 is 2.21 bits per heavy atom. The van der Waals surface area contributed by atoms with Gasteiger partial charge in [0.05, 0.1) is 0 Å². The van der Waals surface area contributed by atoms with Crippen LogP contribution < -0.4 is 0 Å². The molecule has 0 aromatic heterocycles. The first-order valence-corrected chi connectivity index (χ1v) is 24.8. The van der Waals surface area contributed by atoms with Gasteiger partial charge in [-0.2, -0.15) is 0 Å². The molecule has 0 N–H and O–H groups in total. The molecule has 0 unspecified atom stereocenters. The van der Waals surface area contributed by atoms with E-state index in [-0.39, 0.29) is 14.6 Å². The Labute approximate surface area is 116 Å². The summed E-state index contributed by atoms with van der Waals surface area (Å²) in [6, 6.07) is 8.49. The number of hydrogen-bond donors (Lipinski definition) is 0. The Morgan fingerprint density at radius 2 is 1.71 bits per heavy atom. The third-order valence-corrected chi connectivity index (χ3v) is 2.09. The fraction of sp³-hybridized carbons (Fsp3) is 0.182. The van der Waals surface area contributed by atoms with Crippen molar-refractivity contribution in [3.05, 3.63) is 47.4 Å². The van der Waals surface area contributed by atoms with Gasteiger partial charge < -0.3 is 0 Å². The van der Waals surface area contributed by atoms with Gasteiger partial charge in [0.25, 0.3) is 0 Å². The van der Waals surface area contributed by atoms with Gasteiger partial charge in [-0.15, -0.1) is 0 Å². The predicted molar refractivity (Wildman–Crippen MR) is 76.2 cm³/mol. The Morgan fingerprint density at radius 1 is 1.14 bits per heavy atom. The number of benzene rings is 1. The van der Waals surface area contributed by atoms with E-state index in [1.165, 1.54) is 16.7 Å². The zero-order valence-corrected chi connectivity index (χ0v) is 15.8. The molecule has 14 heavy (non-hydrogen) atoms. The van der Waals surface area contributed by atoms with E-state index < -0.39 is 0 Å². The van der Waals surface area contributed by atoms with Crippen molar-refractivity contribution in [2.75, 3.05) is 0 Å². The number of hydrogen-bond acceptors (Lipinski definition) is 0. The van der Waals surface area contributed by atoms with Crippen LogP contribution in [0.25, 0.3) is 6.08 Å². The van der Waals surface area contributed by atoms with Gasteiger partial charge in [-0.1, -0.05) is 42.8 Å². The number of halogens is 2. The monoisotopic (exact) mass is 577 g/mol. The standard InChI is InChI=1S/C11H11.Hf.2HI/c1-2-9-7-10-5-3-4-6-11(10)8-9;;;/h3-8H,2H2,1H3;;2*1H/q;+2;;/p-2. The molecule has 1 aliphatic rings. The molecule has 3 heteroatoms. The van der Waals surface area contributed by atoms with Gasteiger partial charge in [0.15, 0.2) is 0 Å². The van der Waals surface area contributed by atoms with Crippen molar-refractivity contribution in [3.63, 3.8) is 0 Å². The van der Waals surface area contributed by atoms with E-state index in [9.17, 15) is 0 Å². The summed E-state index contributed by atoms with van der Waals surface area (Å²) in [4.78, 5) is 0. The summed E-state index contributed by atoms with van der Waals surface area (Å²) >= 11 is 4.96. The Kier molecular flexibility index (Phi) is 7.20. The molecular weight excluding hydrogens is 564 g/mol. The molecule has 0 spiro atoms. The number of rotatable bonds is 1. The van der Waals surface area contributed by atoms with E-state index in [2.05, 4.69) is 80.0 Å². The van der Waals surface area contributed by atoms with Crippen molar-refractivity contribution >= 4 is 42.4 Å². The molecule has 1 aromatic rings. The van der Waals surface area contributed by atoms with Crippen molar-refractivity contribution in [3.8, 4) is 0 Å². The van der Waals surface area contributed by atoms with Crippen LogP contribution in [0.1, 0.15) is 24.5 Å². The molecule has 0 atom stereocenters. The fourth-order valence-electron chi connectivity index (χ4n) is 1.42. The van der Waals surface area contributed by atoms with E-state index in [4.69, 9.17) is 0 Å². The molecule has 0 amide bonds. The zero-order chi connectivity index (χ0) is 10.4. The van der Waals surface area contributed by atoms with Gasteiger partial charge >= 0.3 is 50.9 Å². The normalized spacial score (nSPS) is 12.4. The van der Waals surface area contributed by atoms with Crippen LogP contribution in [-0.2, 0) is 14.6 Å². The zero-order valence-electron chi connectivity index (χ0n) is 7.93. The van der Waals surface area contributed by atoms with Crippen LogP contribution >= 0.6 is 36.3 Å². The van der Waals surface area contributed by atoms with Gasteiger partial charge in [-0.3, -0.25) is 0 Å². The third-order valence-electron chi connectivity index (χ3n) is 2.09. The van der Waals surface area contributed by atoms with E-state index in [0.29, 0.717) is 0 Å². The van der Waals surface area contributed by atoms with Crippen LogP contribution in [0.3, 0.4) is 0 Å². The van der Waals surface area contributed by atoms with Crippen molar-refractivity contribution in [1.82, 2.24) is 0 Å². The van der Waals surface area contributed by atoms with Gasteiger partial charge in [-0.25, -0.2) is 0 Å². The minimum absolute atomic E-state index is 0.0233. The van der Waals surface area contributed by atoms with Gasteiger partial charge in [0.2, 0.25) is 0 Å². The number of allylic oxidation sites excluding steroid dienone is 1. The minimum atomic E-state index is 0.0233. The molecule has 0 fully saturated rings. The second-order valence-corrected chi connectivity index (χ2v) is 29.2. The summed E-state index contributed by atoms with van der Waals surface area (Å²) in [6.07, 6.45) is 5.65. The second kappa shape index (κ2) is 7.55. The fourth-order valence-corrected chi connectivity index (χ4v) is 1.42. The molecule has 0 saturated carbocycles. The van der Waals surface area contributed by atoms with Crippen molar-refractivity contribution in [2.45, 2.75) is 13.3 Å². The van der Waals surface area contributed by atoms with Gasteiger partial charge in [0, 0.05) is 6.42 Å². The SMILES string of the molecule is CCC1=Cc2ccccc2[CH]1.[I][Hf][I]. The molecule has 2 rings (SSSR count). The van der Waals surface area contributed by atoms with Crippen LogP contribution in [0.5, 0.6) is 0 Å². The summed E-state index contributed by atoms with van der Waals surface area (Å²) in [6.45, 7) is 2.19. The molecule has 0 bridgehead atoms. The van der Waals surface area contributed by atoms with Crippen LogP contribution in [0.15, 0.2) is 29.8 Å². The summed E-state index contributed by atoms with van der Waals surface area (Å²) < 4.78 is 0. The van der Waals surface area contributed by atoms with Crippen LogP contribution in [0.2, 0.25) is 0 Å². The van der Waals surface area contributed by atoms with E-state index in [0.717, 1.165) is 6.42 Å². The summed E-state index contributed by atoms with van der Waals surface area (Å²) in [5.74, 6) is 0. The molecule has 1 aliphatic carbocycles. The molecule has 0 saturated heterocycles. The van der Waals surface area contributed by atoms with E-state index in [1.807, 2.05) is 0 Å². The van der Waals surface area contributed by atoms with Gasteiger partial charge in [0.1, 0.15) is 0 Å². The van der Waals surface area contributed by atoms with Crippen LogP contribution in [0.4, 0.5) is 0 Å². The van der Waals surface area contributed by atoms with Crippen molar-refractivity contribution < 1.29 is 14.6 Å². The Balaban J connectivity index is 0.000000293. The first-order chi connectivity index (χ1) is 6.81. The van der Waals surface area contributed by atoms with E-state index >= 15 is 0 Å². The Bertz CT molecular complexity index is 321. The summed E-state index contributed by atoms with van der Waals surface area (Å²) in [5.41, 5.74) is 4.17. The molecule has 0 nitrogen and oxygen atoms in total. The maximum absolute atomic E-state index is 2.47. The molecule has 1 aromatic carbocycles. The molecule has 0 aliphatic heterocycles. The van der Waals surface area contributed by atoms with Crippen LogP contribution in [-0.4, -0.2) is 0 Å². The van der Waals surface area contributed by atoms with E-state index in [1.54, 1.807) is 0 Å². The summed E-state index contributed by atoms with van der Waals surface area (Å²) in [7, 11) is 0. The quantitative estimate of drug-likeness (QED) is 0.333. The summed E-state index contributed by atoms with van der Waals surface area (Å²) in [5, 5.41) is 0. The second-order valence-electron chi connectivity index (χ2n) is 2.92. The molecule has 0 heterocycles. The first kappa shape index (κ1) is 13.4.